The molecule has 0 amide bonds. The van der Waals surface area contributed by atoms with Crippen molar-refractivity contribution in [2.24, 2.45) is 33.5 Å². The van der Waals surface area contributed by atoms with Crippen molar-refractivity contribution in [1.82, 2.24) is 10.6 Å². The van der Waals surface area contributed by atoms with Crippen LogP contribution in [0, 0.1) is 33.5 Å². The van der Waals surface area contributed by atoms with Crippen LogP contribution in [0.3, 0.4) is 0 Å². The van der Waals surface area contributed by atoms with Crippen molar-refractivity contribution in [3.63, 3.8) is 0 Å². The lowest BCUT2D eigenvalue weighted by atomic mass is 9.53. The monoisotopic (exact) mass is 1070 g/mol. The zero-order valence-electron chi connectivity index (χ0n) is 45.1. The lowest BCUT2D eigenvalue weighted by Gasteiger charge is -2.53. The Bertz CT molecular complexity index is 2890. The number of rotatable bonds is 12. The Labute approximate surface area is 451 Å². The molecule has 18 nitrogen and oxygen atoms in total. The van der Waals surface area contributed by atoms with Gasteiger partial charge in [-0.2, -0.15) is 0 Å². The van der Waals surface area contributed by atoms with Crippen LogP contribution in [0.15, 0.2) is 129 Å². The largest absolute Gasteiger partial charge is 0.504 e. The van der Waals surface area contributed by atoms with Crippen molar-refractivity contribution < 1.29 is 77.0 Å². The predicted octanol–water partition coefficient (Wildman–Crippen LogP) is 6.50. The summed E-state index contributed by atoms with van der Waals surface area (Å²) in [5, 5.41) is 29.2. The minimum Gasteiger partial charge on any atom is -0.504 e. The van der Waals surface area contributed by atoms with Gasteiger partial charge in [0.05, 0.1) is 35.2 Å². The highest BCUT2D eigenvalue weighted by Crippen LogP contribution is 2.64. The quantitative estimate of drug-likeness (QED) is 0.100. The third-order valence-corrected chi connectivity index (χ3v) is 17.6. The molecule has 412 valence electrons. The second-order valence-corrected chi connectivity index (χ2v) is 22.2. The zero-order valence-corrected chi connectivity index (χ0v) is 45.1. The lowest BCUT2D eigenvalue weighted by molar-refractivity contribution is -0.160. The summed E-state index contributed by atoms with van der Waals surface area (Å²) in [4.78, 5) is 105. The molecule has 2 aromatic carbocycles. The molecular formula is C60H66N2O16. The molecule has 4 N–H and O–H groups in total. The predicted molar refractivity (Wildman–Crippen MR) is 278 cm³/mol. The number of nitrogens with one attached hydrogen (secondary N) is 2. The van der Waals surface area contributed by atoms with Crippen LogP contribution < -0.4 is 10.6 Å². The standard InChI is InChI=1S/2C30H33NO8/c2*1-16(32)38-20-12-29(2)19(10-11-21(29)33)23-25(20)30(3)22(15-37-4)39-28(36)18(24(30)27(35)26(23)34)14-31-13-17-8-6-5-7-9-17/h2*5-9,14,19-20,22,31,35H,10-13,15H2,1-4H3/b18-14+;18-14-/t2*19?,20?,22?,29-,30-/m00/s1. The molecule has 2 aliphatic heterocycles. The summed E-state index contributed by atoms with van der Waals surface area (Å²) in [5.74, 6) is -5.90. The van der Waals surface area contributed by atoms with E-state index in [1.807, 2.05) is 60.7 Å². The highest BCUT2D eigenvalue weighted by atomic mass is 16.6. The molecule has 0 bridgehead atoms. The van der Waals surface area contributed by atoms with E-state index in [2.05, 4.69) is 10.6 Å². The maximum atomic E-state index is 13.9. The van der Waals surface area contributed by atoms with Gasteiger partial charge in [-0.1, -0.05) is 74.5 Å². The second-order valence-electron chi connectivity index (χ2n) is 22.2. The van der Waals surface area contributed by atoms with E-state index in [9.17, 15) is 48.6 Å². The number of allylic oxidation sites excluding steroid dienone is 2. The molecule has 2 aromatic rings. The summed E-state index contributed by atoms with van der Waals surface area (Å²) < 4.78 is 34.2. The van der Waals surface area contributed by atoms with Crippen molar-refractivity contribution in [3.8, 4) is 0 Å². The maximum Gasteiger partial charge on any atom is 0.340 e. The number of ketones is 4. The molecule has 4 fully saturated rings. The van der Waals surface area contributed by atoms with Crippen molar-refractivity contribution in [2.45, 2.75) is 118 Å². The molecule has 0 radical (unpaired) electrons. The Morgan fingerprint density at radius 3 is 1.29 bits per heavy atom. The maximum absolute atomic E-state index is 13.9. The number of aliphatic hydroxyl groups excluding tert-OH is 2. The number of hydrogen-bond donors (Lipinski definition) is 4. The van der Waals surface area contributed by atoms with Gasteiger partial charge in [0.25, 0.3) is 0 Å². The van der Waals surface area contributed by atoms with E-state index in [0.29, 0.717) is 37.1 Å². The van der Waals surface area contributed by atoms with Gasteiger partial charge < -0.3 is 49.3 Å². The number of carbonyl (C=O) groups excluding carboxylic acids is 8. The van der Waals surface area contributed by atoms with Gasteiger partial charge in [-0.15, -0.1) is 0 Å². The summed E-state index contributed by atoms with van der Waals surface area (Å²) in [6.45, 7) is 10.4. The Balaban J connectivity index is 0.000000190. The number of ether oxygens (including phenoxy) is 6. The van der Waals surface area contributed by atoms with Crippen LogP contribution in [0.5, 0.6) is 0 Å². The Morgan fingerprint density at radius 2 is 0.962 bits per heavy atom. The molecule has 6 unspecified atom stereocenters. The van der Waals surface area contributed by atoms with Crippen molar-refractivity contribution in [3.05, 3.63) is 140 Å². The minimum absolute atomic E-state index is 0.00219. The van der Waals surface area contributed by atoms with E-state index in [1.54, 1.807) is 27.7 Å². The molecule has 2 saturated heterocycles. The van der Waals surface area contributed by atoms with E-state index in [4.69, 9.17) is 28.4 Å². The zero-order chi connectivity index (χ0) is 56.2. The van der Waals surface area contributed by atoms with Crippen LogP contribution in [-0.4, -0.2) is 109 Å². The third-order valence-electron chi connectivity index (χ3n) is 17.6. The molecule has 2 saturated carbocycles. The number of benzene rings is 2. The Morgan fingerprint density at radius 1 is 0.603 bits per heavy atom. The lowest BCUT2D eigenvalue weighted by Crippen LogP contribution is -2.57. The molecule has 10 rings (SSSR count). The van der Waals surface area contributed by atoms with Crippen molar-refractivity contribution in [1.29, 1.82) is 0 Å². The molecule has 0 aromatic heterocycles. The normalized spacial score (nSPS) is 33.0. The summed E-state index contributed by atoms with van der Waals surface area (Å²) in [5.41, 5.74) is -0.691. The van der Waals surface area contributed by atoms with Crippen LogP contribution in [0.25, 0.3) is 0 Å². The summed E-state index contributed by atoms with van der Waals surface area (Å²) >= 11 is 0. The van der Waals surface area contributed by atoms with Crippen LogP contribution >= 0.6 is 0 Å². The van der Waals surface area contributed by atoms with E-state index < -0.39 is 105 Å². The van der Waals surface area contributed by atoms with Gasteiger partial charge in [0.1, 0.15) is 36.0 Å². The summed E-state index contributed by atoms with van der Waals surface area (Å²) in [6, 6.07) is 19.1. The number of carbonyl (C=O) groups is 8. The van der Waals surface area contributed by atoms with Crippen LogP contribution in [0.2, 0.25) is 0 Å². The SMILES string of the molecule is COCC1OC(=O)/C(=C/NCc2ccccc2)C2=C(O)C(=O)C3=C(C(OC(C)=O)C[C@]4(C)C(=O)CCC34)[C@]21C.COCC1OC(=O)/C(=C\NCc2ccccc2)C2=C(O)C(=O)C3=C(C(OC(C)=O)C[C@]4(C)C(=O)CCC34)[C@]21C. The highest BCUT2D eigenvalue weighted by Gasteiger charge is 2.66. The van der Waals surface area contributed by atoms with Crippen LogP contribution in [0.1, 0.15) is 91.2 Å². The van der Waals surface area contributed by atoms with Crippen molar-refractivity contribution >= 4 is 47.0 Å². The highest BCUT2D eigenvalue weighted by molar-refractivity contribution is 6.15. The number of cyclic esters (lactones) is 2. The topological polar surface area (TPSA) is 256 Å². The number of Topliss-reactive ketones (excluding diaryl/α,β-unsaturated/α-hetero) is 4. The first-order chi connectivity index (χ1) is 37.1. The summed E-state index contributed by atoms with van der Waals surface area (Å²) in [6.07, 6.45) is 1.08. The fourth-order valence-corrected chi connectivity index (χ4v) is 13.9. The number of fused-ring (bicyclic) bond motifs is 8. The van der Waals surface area contributed by atoms with Gasteiger partial charge in [0.2, 0.25) is 11.6 Å². The average molecular weight is 1070 g/mol. The summed E-state index contributed by atoms with van der Waals surface area (Å²) in [7, 11) is 2.93. The number of hydrogen-bond acceptors (Lipinski definition) is 18. The van der Waals surface area contributed by atoms with E-state index >= 15 is 0 Å². The fourth-order valence-electron chi connectivity index (χ4n) is 13.9. The first kappa shape index (κ1) is 55.3. The molecule has 2 heterocycles. The van der Waals surface area contributed by atoms with Gasteiger partial charge in [0, 0.05) is 124 Å². The molecule has 18 heteroatoms. The number of methoxy groups -OCH3 is 2. The molecule has 0 spiro atoms. The van der Waals surface area contributed by atoms with Gasteiger partial charge >= 0.3 is 23.9 Å². The molecular weight excluding hydrogens is 1000 g/mol. The third kappa shape index (κ3) is 8.99. The first-order valence-corrected chi connectivity index (χ1v) is 26.3. The Kier molecular flexibility index (Phi) is 14.9. The van der Waals surface area contributed by atoms with Crippen molar-refractivity contribution in [2.75, 3.05) is 27.4 Å². The van der Waals surface area contributed by atoms with E-state index in [1.165, 1.54) is 40.5 Å². The Hall–Kier alpha value is -7.44. The van der Waals surface area contributed by atoms with E-state index in [0.717, 1.165) is 11.1 Å². The molecule has 6 aliphatic carbocycles. The molecule has 78 heavy (non-hydrogen) atoms. The minimum atomic E-state index is -1.26. The van der Waals surface area contributed by atoms with Gasteiger partial charge in [-0.3, -0.25) is 28.8 Å². The van der Waals surface area contributed by atoms with Crippen LogP contribution in [0.4, 0.5) is 0 Å². The number of esters is 4. The molecule has 8 aliphatic rings. The van der Waals surface area contributed by atoms with Gasteiger partial charge in [-0.05, 0) is 49.0 Å². The average Bonchev–Trinajstić information content (AvgIpc) is 3.38. The number of aliphatic hydroxyl groups is 2. The van der Waals surface area contributed by atoms with E-state index in [-0.39, 0.29) is 83.9 Å². The van der Waals surface area contributed by atoms with Gasteiger partial charge in [0.15, 0.2) is 11.5 Å². The van der Waals surface area contributed by atoms with Crippen LogP contribution in [-0.2, 0) is 79.9 Å². The molecule has 10 atom stereocenters. The second kappa shape index (κ2) is 21.1. The fraction of sp³-hybridized carbons (Fsp3) is 0.467. The first-order valence-electron chi connectivity index (χ1n) is 26.3. The smallest absolute Gasteiger partial charge is 0.340 e. The van der Waals surface area contributed by atoms with Gasteiger partial charge in [-0.25, -0.2) is 9.59 Å².